The quantitative estimate of drug-likeness (QED) is 0.440. The fourth-order valence-electron chi connectivity index (χ4n) is 1.31. The molecule has 0 saturated carbocycles. The number of hydrogen-bond acceptors (Lipinski definition) is 4. The second kappa shape index (κ2) is 6.44. The van der Waals surface area contributed by atoms with E-state index in [1.54, 1.807) is 19.1 Å². The molecule has 0 spiro atoms. The third kappa shape index (κ3) is 4.34. The molecule has 0 aliphatic rings. The van der Waals surface area contributed by atoms with E-state index in [1.165, 1.54) is 6.07 Å². The molecule has 19 heavy (non-hydrogen) atoms. The van der Waals surface area contributed by atoms with Gasteiger partial charge in [-0.15, -0.1) is 0 Å². The van der Waals surface area contributed by atoms with Gasteiger partial charge in [-0.2, -0.15) is 0 Å². The molecule has 0 aromatic heterocycles. The van der Waals surface area contributed by atoms with Crippen LogP contribution >= 0.6 is 0 Å². The molecule has 0 atom stereocenters. The Hall–Kier alpha value is -2.50. The third-order valence-corrected chi connectivity index (χ3v) is 2.19. The number of urea groups is 1. The molecule has 6 heteroatoms. The number of carbonyl (C=O) groups excluding carboxylic acids is 2. The molecule has 0 fully saturated rings. The van der Waals surface area contributed by atoms with Gasteiger partial charge in [-0.05, 0) is 31.5 Å². The molecule has 1 aromatic rings. The molecule has 0 aliphatic carbocycles. The standard InChI is InChI=1S/C13H16N2O4/c1-4-19-12(17)9(3)14-13(18)15-10-7-8(2)5-6-11(10)16/h5-7,16H,3-4H2,1-2H3,(H2,14,15,18). The second-order valence-electron chi connectivity index (χ2n) is 3.80. The highest BCUT2D eigenvalue weighted by Gasteiger charge is 2.12. The zero-order chi connectivity index (χ0) is 14.4. The topological polar surface area (TPSA) is 87.7 Å². The number of phenols is 1. The van der Waals surface area contributed by atoms with Crippen molar-refractivity contribution < 1.29 is 19.4 Å². The maximum Gasteiger partial charge on any atom is 0.354 e. The Morgan fingerprint density at radius 1 is 1.42 bits per heavy atom. The van der Waals surface area contributed by atoms with Crippen molar-refractivity contribution in [3.63, 3.8) is 0 Å². The summed E-state index contributed by atoms with van der Waals surface area (Å²) in [6.45, 7) is 7.05. The number of esters is 1. The average molecular weight is 264 g/mol. The summed E-state index contributed by atoms with van der Waals surface area (Å²) in [4.78, 5) is 22.8. The average Bonchev–Trinajstić information content (AvgIpc) is 2.34. The Morgan fingerprint density at radius 3 is 2.74 bits per heavy atom. The van der Waals surface area contributed by atoms with Crippen LogP contribution in [0.15, 0.2) is 30.5 Å². The van der Waals surface area contributed by atoms with Gasteiger partial charge in [0.05, 0.1) is 12.3 Å². The van der Waals surface area contributed by atoms with Gasteiger partial charge in [-0.25, -0.2) is 9.59 Å². The molecule has 0 saturated heterocycles. The first kappa shape index (κ1) is 14.6. The molecular formula is C13H16N2O4. The normalized spacial score (nSPS) is 9.58. The first-order valence-electron chi connectivity index (χ1n) is 5.67. The van der Waals surface area contributed by atoms with Crippen molar-refractivity contribution in [2.75, 3.05) is 11.9 Å². The molecule has 1 rings (SSSR count). The monoisotopic (exact) mass is 264 g/mol. The number of ether oxygens (including phenoxy) is 1. The minimum atomic E-state index is -0.703. The van der Waals surface area contributed by atoms with Gasteiger partial charge in [0.2, 0.25) is 0 Å². The number of nitrogens with one attached hydrogen (secondary N) is 2. The number of phenolic OH excluding ortho intramolecular Hbond substituents is 1. The van der Waals surface area contributed by atoms with E-state index in [0.717, 1.165) is 5.56 Å². The van der Waals surface area contributed by atoms with Gasteiger partial charge in [-0.1, -0.05) is 12.6 Å². The number of hydrogen-bond donors (Lipinski definition) is 3. The zero-order valence-corrected chi connectivity index (χ0v) is 10.8. The molecule has 1 aromatic carbocycles. The molecular weight excluding hydrogens is 248 g/mol. The predicted octanol–water partition coefficient (Wildman–Crippen LogP) is 1.90. The van der Waals surface area contributed by atoms with Crippen LogP contribution in [0.4, 0.5) is 10.5 Å². The Labute approximate surface area is 111 Å². The molecule has 0 aliphatic heterocycles. The summed E-state index contributed by atoms with van der Waals surface area (Å²) in [7, 11) is 0. The van der Waals surface area contributed by atoms with Crippen LogP contribution in [0, 0.1) is 6.92 Å². The van der Waals surface area contributed by atoms with Gasteiger partial charge in [0, 0.05) is 0 Å². The van der Waals surface area contributed by atoms with Gasteiger partial charge >= 0.3 is 12.0 Å². The van der Waals surface area contributed by atoms with Gasteiger partial charge in [-0.3, -0.25) is 0 Å². The summed E-state index contributed by atoms with van der Waals surface area (Å²) in [6, 6.07) is 4.09. The number of rotatable bonds is 4. The molecule has 0 bridgehead atoms. The minimum Gasteiger partial charge on any atom is -0.506 e. The van der Waals surface area contributed by atoms with Gasteiger partial charge < -0.3 is 20.5 Å². The van der Waals surface area contributed by atoms with Crippen molar-refractivity contribution in [1.29, 1.82) is 0 Å². The molecule has 102 valence electrons. The van der Waals surface area contributed by atoms with Crippen molar-refractivity contribution in [3.8, 4) is 5.75 Å². The van der Waals surface area contributed by atoms with E-state index < -0.39 is 12.0 Å². The summed E-state index contributed by atoms with van der Waals surface area (Å²) in [5.41, 5.74) is 0.943. The van der Waals surface area contributed by atoms with E-state index in [1.807, 2.05) is 6.92 Å². The van der Waals surface area contributed by atoms with Crippen LogP contribution < -0.4 is 10.6 Å². The second-order valence-corrected chi connectivity index (χ2v) is 3.80. The number of anilines is 1. The molecule has 0 heterocycles. The Balaban J connectivity index is 2.63. The van der Waals surface area contributed by atoms with Crippen LogP contribution in [0.5, 0.6) is 5.75 Å². The van der Waals surface area contributed by atoms with Crippen LogP contribution in [0.1, 0.15) is 12.5 Å². The molecule has 3 N–H and O–H groups in total. The van der Waals surface area contributed by atoms with Gasteiger partial charge in [0.25, 0.3) is 0 Å². The first-order valence-corrected chi connectivity index (χ1v) is 5.67. The lowest BCUT2D eigenvalue weighted by molar-refractivity contribution is -0.138. The van der Waals surface area contributed by atoms with Crippen molar-refractivity contribution >= 4 is 17.7 Å². The third-order valence-electron chi connectivity index (χ3n) is 2.19. The molecule has 0 unspecified atom stereocenters. The van der Waals surface area contributed by atoms with Gasteiger partial charge in [0.1, 0.15) is 11.4 Å². The summed E-state index contributed by atoms with van der Waals surface area (Å²) in [5.74, 6) is -0.770. The Bertz CT molecular complexity index is 511. The largest absolute Gasteiger partial charge is 0.506 e. The lowest BCUT2D eigenvalue weighted by Crippen LogP contribution is -2.31. The fourth-order valence-corrected chi connectivity index (χ4v) is 1.31. The van der Waals surface area contributed by atoms with E-state index in [0.29, 0.717) is 0 Å². The van der Waals surface area contributed by atoms with Crippen molar-refractivity contribution in [2.45, 2.75) is 13.8 Å². The Morgan fingerprint density at radius 2 is 2.11 bits per heavy atom. The Kier molecular flexibility index (Phi) is 4.93. The zero-order valence-electron chi connectivity index (χ0n) is 10.8. The van der Waals surface area contributed by atoms with Crippen LogP contribution in [0.3, 0.4) is 0 Å². The van der Waals surface area contributed by atoms with Crippen molar-refractivity contribution in [1.82, 2.24) is 5.32 Å². The molecule has 6 nitrogen and oxygen atoms in total. The van der Waals surface area contributed by atoms with Crippen LogP contribution in [-0.4, -0.2) is 23.7 Å². The van der Waals surface area contributed by atoms with Crippen molar-refractivity contribution in [3.05, 3.63) is 36.0 Å². The van der Waals surface area contributed by atoms with E-state index in [9.17, 15) is 14.7 Å². The highest BCUT2D eigenvalue weighted by atomic mass is 16.5. The van der Waals surface area contributed by atoms with Crippen LogP contribution in [-0.2, 0) is 9.53 Å². The summed E-state index contributed by atoms with van der Waals surface area (Å²) in [6.07, 6.45) is 0. The van der Waals surface area contributed by atoms with E-state index in [-0.39, 0.29) is 23.7 Å². The van der Waals surface area contributed by atoms with E-state index in [4.69, 9.17) is 0 Å². The lowest BCUT2D eigenvalue weighted by Gasteiger charge is -2.10. The maximum absolute atomic E-state index is 11.6. The number of amides is 2. The smallest absolute Gasteiger partial charge is 0.354 e. The SMILES string of the molecule is C=C(NC(=O)Nc1cc(C)ccc1O)C(=O)OCC. The van der Waals surface area contributed by atoms with Crippen LogP contribution in [0.25, 0.3) is 0 Å². The molecule has 0 radical (unpaired) electrons. The van der Waals surface area contributed by atoms with Gasteiger partial charge in [0.15, 0.2) is 0 Å². The summed E-state index contributed by atoms with van der Waals surface area (Å²) >= 11 is 0. The van der Waals surface area contributed by atoms with Crippen molar-refractivity contribution in [2.24, 2.45) is 0 Å². The number of benzene rings is 1. The van der Waals surface area contributed by atoms with Crippen LogP contribution in [0.2, 0.25) is 0 Å². The fraction of sp³-hybridized carbons (Fsp3) is 0.231. The highest BCUT2D eigenvalue weighted by Crippen LogP contribution is 2.23. The lowest BCUT2D eigenvalue weighted by atomic mass is 10.2. The molecule has 2 amide bonds. The summed E-state index contributed by atoms with van der Waals surface area (Å²) < 4.78 is 4.67. The first-order chi connectivity index (χ1) is 8.93. The highest BCUT2D eigenvalue weighted by molar-refractivity contribution is 5.98. The summed E-state index contributed by atoms with van der Waals surface area (Å²) in [5, 5.41) is 14.2. The predicted molar refractivity (Wildman–Crippen MR) is 70.8 cm³/mol. The maximum atomic E-state index is 11.6. The minimum absolute atomic E-state index is 0.0671. The van der Waals surface area contributed by atoms with E-state index in [2.05, 4.69) is 21.9 Å². The number of aryl methyl sites for hydroxylation is 1. The van der Waals surface area contributed by atoms with E-state index >= 15 is 0 Å². The number of carbonyl (C=O) groups is 2. The number of aromatic hydroxyl groups is 1.